The first-order chi connectivity index (χ1) is 13.5. The van der Waals surface area contributed by atoms with Crippen molar-refractivity contribution in [3.8, 4) is 0 Å². The topological polar surface area (TPSA) is 114 Å². The number of aromatic nitrogens is 2. The number of ether oxygens (including phenoxy) is 2. The van der Waals surface area contributed by atoms with E-state index in [2.05, 4.69) is 11.9 Å². The van der Waals surface area contributed by atoms with Gasteiger partial charge in [-0.3, -0.25) is 9.59 Å². The number of rotatable bonds is 15. The molecule has 0 bridgehead atoms. The van der Waals surface area contributed by atoms with Crippen LogP contribution >= 0.6 is 0 Å². The molecule has 1 heterocycles. The van der Waals surface area contributed by atoms with Crippen molar-refractivity contribution in [3.05, 3.63) is 22.1 Å². The SMILES string of the molecule is CCCCCCCCOC(=O)CCCC(=O)OCCn1c([N+](=O)[O-])cnc1C. The fourth-order valence-corrected chi connectivity index (χ4v) is 2.72. The van der Waals surface area contributed by atoms with Crippen LogP contribution in [-0.4, -0.2) is 39.6 Å². The number of nitro groups is 1. The third-order valence-electron chi connectivity index (χ3n) is 4.32. The van der Waals surface area contributed by atoms with Crippen LogP contribution in [0.2, 0.25) is 0 Å². The van der Waals surface area contributed by atoms with Gasteiger partial charge in [-0.05, 0) is 17.8 Å². The Kier molecular flexibility index (Phi) is 11.5. The summed E-state index contributed by atoms with van der Waals surface area (Å²) in [5, 5.41) is 10.9. The summed E-state index contributed by atoms with van der Waals surface area (Å²) in [7, 11) is 0. The third-order valence-corrected chi connectivity index (χ3v) is 4.32. The van der Waals surface area contributed by atoms with Crippen LogP contribution < -0.4 is 0 Å². The molecular formula is C19H31N3O6. The number of carbonyl (C=O) groups excluding carboxylic acids is 2. The number of hydrogen-bond acceptors (Lipinski definition) is 7. The van der Waals surface area contributed by atoms with Gasteiger partial charge in [-0.2, -0.15) is 0 Å². The number of esters is 2. The van der Waals surface area contributed by atoms with Gasteiger partial charge in [0.2, 0.25) is 0 Å². The molecule has 28 heavy (non-hydrogen) atoms. The highest BCUT2D eigenvalue weighted by Gasteiger charge is 2.17. The molecule has 1 aromatic heterocycles. The van der Waals surface area contributed by atoms with E-state index >= 15 is 0 Å². The fraction of sp³-hybridized carbons (Fsp3) is 0.737. The smallest absolute Gasteiger partial charge is 0.342 e. The predicted octanol–water partition coefficient (Wildman–Crippen LogP) is 3.72. The normalized spacial score (nSPS) is 10.6. The molecule has 9 nitrogen and oxygen atoms in total. The van der Waals surface area contributed by atoms with Crippen LogP contribution in [0.3, 0.4) is 0 Å². The van der Waals surface area contributed by atoms with Crippen molar-refractivity contribution in [2.45, 2.75) is 78.2 Å². The molecule has 0 spiro atoms. The van der Waals surface area contributed by atoms with E-state index in [-0.39, 0.29) is 37.8 Å². The standard InChI is InChI=1S/C19H31N3O6/c1-3-4-5-6-7-8-13-27-18(23)10-9-11-19(24)28-14-12-21-16(2)20-15-17(21)22(25)26/h15H,3-14H2,1-2H3. The summed E-state index contributed by atoms with van der Waals surface area (Å²) < 4.78 is 11.6. The lowest BCUT2D eigenvalue weighted by Crippen LogP contribution is -2.14. The highest BCUT2D eigenvalue weighted by molar-refractivity contribution is 5.72. The Morgan fingerprint density at radius 1 is 1.04 bits per heavy atom. The summed E-state index contributed by atoms with van der Waals surface area (Å²) in [5.41, 5.74) is 0. The third kappa shape index (κ3) is 9.48. The number of aryl methyl sites for hydroxylation is 1. The summed E-state index contributed by atoms with van der Waals surface area (Å²) in [6.07, 6.45) is 8.60. The number of unbranched alkanes of at least 4 members (excludes halogenated alkanes) is 5. The zero-order valence-corrected chi connectivity index (χ0v) is 16.9. The summed E-state index contributed by atoms with van der Waals surface area (Å²) >= 11 is 0. The van der Waals surface area contributed by atoms with Crippen molar-refractivity contribution < 1.29 is 24.0 Å². The minimum absolute atomic E-state index is 0.0132. The molecule has 0 unspecified atom stereocenters. The molecule has 0 N–H and O–H groups in total. The Labute approximate surface area is 165 Å². The summed E-state index contributed by atoms with van der Waals surface area (Å²) in [6, 6.07) is 0. The first kappa shape index (κ1) is 23.6. The lowest BCUT2D eigenvalue weighted by Gasteiger charge is -2.06. The molecular weight excluding hydrogens is 366 g/mol. The van der Waals surface area contributed by atoms with E-state index in [9.17, 15) is 19.7 Å². The van der Waals surface area contributed by atoms with Crippen LogP contribution in [0.1, 0.15) is 70.5 Å². The Morgan fingerprint density at radius 3 is 2.29 bits per heavy atom. The van der Waals surface area contributed by atoms with Crippen LogP contribution in [0.4, 0.5) is 5.82 Å². The number of imidazole rings is 1. The fourth-order valence-electron chi connectivity index (χ4n) is 2.72. The summed E-state index contributed by atoms with van der Waals surface area (Å²) in [6.45, 7) is 4.42. The van der Waals surface area contributed by atoms with E-state index in [0.717, 1.165) is 12.8 Å². The van der Waals surface area contributed by atoms with Crippen molar-refractivity contribution in [1.29, 1.82) is 0 Å². The summed E-state index contributed by atoms with van der Waals surface area (Å²) in [5.74, 6) is -0.396. The Bertz CT molecular complexity index is 629. The Hall–Kier alpha value is -2.45. The second kappa shape index (κ2) is 13.7. The van der Waals surface area contributed by atoms with E-state index in [1.54, 1.807) is 6.92 Å². The van der Waals surface area contributed by atoms with Crippen LogP contribution in [0.25, 0.3) is 0 Å². The molecule has 0 aliphatic rings. The first-order valence-corrected chi connectivity index (χ1v) is 9.93. The number of carbonyl (C=O) groups is 2. The van der Waals surface area contributed by atoms with Gasteiger partial charge in [0.15, 0.2) is 5.82 Å². The molecule has 0 aliphatic heterocycles. The monoisotopic (exact) mass is 397 g/mol. The molecule has 0 atom stereocenters. The molecule has 1 aromatic rings. The summed E-state index contributed by atoms with van der Waals surface area (Å²) in [4.78, 5) is 37.6. The molecule has 0 saturated heterocycles. The van der Waals surface area contributed by atoms with Crippen molar-refractivity contribution in [2.75, 3.05) is 13.2 Å². The molecule has 0 saturated carbocycles. The maximum absolute atomic E-state index is 11.7. The lowest BCUT2D eigenvalue weighted by atomic mass is 10.1. The van der Waals surface area contributed by atoms with Crippen LogP contribution in [0.15, 0.2) is 6.20 Å². The van der Waals surface area contributed by atoms with Gasteiger partial charge in [0.25, 0.3) is 0 Å². The van der Waals surface area contributed by atoms with Crippen molar-refractivity contribution >= 4 is 17.8 Å². The Balaban J connectivity index is 2.08. The zero-order chi connectivity index (χ0) is 20.8. The van der Waals surface area contributed by atoms with Crippen molar-refractivity contribution in [1.82, 2.24) is 9.55 Å². The first-order valence-electron chi connectivity index (χ1n) is 9.93. The van der Waals surface area contributed by atoms with Crippen LogP contribution in [-0.2, 0) is 25.6 Å². The lowest BCUT2D eigenvalue weighted by molar-refractivity contribution is -0.392. The van der Waals surface area contributed by atoms with Gasteiger partial charge in [0.1, 0.15) is 19.3 Å². The van der Waals surface area contributed by atoms with E-state index in [1.807, 2.05) is 0 Å². The molecule has 0 radical (unpaired) electrons. The number of nitrogens with zero attached hydrogens (tertiary/aromatic N) is 3. The second-order valence-electron chi connectivity index (χ2n) is 6.63. The van der Waals surface area contributed by atoms with E-state index in [1.165, 1.54) is 36.4 Å². The molecule has 9 heteroatoms. The van der Waals surface area contributed by atoms with Crippen LogP contribution in [0, 0.1) is 17.0 Å². The molecule has 158 valence electrons. The molecule has 0 aliphatic carbocycles. The highest BCUT2D eigenvalue weighted by atomic mass is 16.6. The van der Waals surface area contributed by atoms with Gasteiger partial charge in [-0.25, -0.2) is 9.55 Å². The maximum atomic E-state index is 11.7. The molecule has 0 aromatic carbocycles. The minimum atomic E-state index is -0.529. The van der Waals surface area contributed by atoms with Gasteiger partial charge >= 0.3 is 17.8 Å². The molecule has 0 fully saturated rings. The van der Waals surface area contributed by atoms with Gasteiger partial charge in [0, 0.05) is 19.8 Å². The molecule has 0 amide bonds. The second-order valence-corrected chi connectivity index (χ2v) is 6.63. The zero-order valence-electron chi connectivity index (χ0n) is 16.9. The van der Waals surface area contributed by atoms with Gasteiger partial charge in [-0.15, -0.1) is 0 Å². The highest BCUT2D eigenvalue weighted by Crippen LogP contribution is 2.13. The average Bonchev–Trinajstić information content (AvgIpc) is 3.02. The maximum Gasteiger partial charge on any atom is 0.342 e. The van der Waals surface area contributed by atoms with Gasteiger partial charge in [0.05, 0.1) is 6.61 Å². The van der Waals surface area contributed by atoms with E-state index < -0.39 is 10.9 Å². The van der Waals surface area contributed by atoms with E-state index in [0.29, 0.717) is 18.9 Å². The Morgan fingerprint density at radius 2 is 1.64 bits per heavy atom. The molecule has 1 rings (SSSR count). The van der Waals surface area contributed by atoms with Crippen LogP contribution in [0.5, 0.6) is 0 Å². The average molecular weight is 397 g/mol. The van der Waals surface area contributed by atoms with Gasteiger partial charge < -0.3 is 19.6 Å². The predicted molar refractivity (Wildman–Crippen MR) is 103 cm³/mol. The van der Waals surface area contributed by atoms with Crippen molar-refractivity contribution in [3.63, 3.8) is 0 Å². The van der Waals surface area contributed by atoms with Gasteiger partial charge in [-0.1, -0.05) is 39.0 Å². The largest absolute Gasteiger partial charge is 0.466 e. The minimum Gasteiger partial charge on any atom is -0.466 e. The van der Waals surface area contributed by atoms with Crippen molar-refractivity contribution in [2.24, 2.45) is 0 Å². The quantitative estimate of drug-likeness (QED) is 0.192. The number of hydrogen-bond donors (Lipinski definition) is 0. The van der Waals surface area contributed by atoms with E-state index in [4.69, 9.17) is 9.47 Å².